The highest BCUT2D eigenvalue weighted by molar-refractivity contribution is 6.74. The largest absolute Gasteiger partial charge is 0.466 e. The fourth-order valence-electron chi connectivity index (χ4n) is 5.99. The van der Waals surface area contributed by atoms with Crippen LogP contribution in [0.15, 0.2) is 11.6 Å². The summed E-state index contributed by atoms with van der Waals surface area (Å²) in [4.78, 5) is 25.3. The van der Waals surface area contributed by atoms with Gasteiger partial charge in [-0.2, -0.15) is 0 Å². The van der Waals surface area contributed by atoms with Crippen molar-refractivity contribution in [1.29, 1.82) is 0 Å². The molecule has 170 valence electrons. The molecule has 0 unspecified atom stereocenters. The van der Waals surface area contributed by atoms with Crippen LogP contribution in [0.2, 0.25) is 18.1 Å². The lowest BCUT2D eigenvalue weighted by molar-refractivity contribution is -0.149. The molecule has 0 heterocycles. The molecule has 0 spiro atoms. The van der Waals surface area contributed by atoms with Gasteiger partial charge in [0, 0.05) is 17.8 Å². The SMILES string of the molecule is CCOC(=O)CC[C@]12CCC[C@H]1C[C@@H]1C=C(C(=O)OCC)[C@@]12O[Si](C)(C)C(C)(C)C. The minimum atomic E-state index is -2.19. The summed E-state index contributed by atoms with van der Waals surface area (Å²) in [5.41, 5.74) is -0.0837. The van der Waals surface area contributed by atoms with E-state index < -0.39 is 13.9 Å². The summed E-state index contributed by atoms with van der Waals surface area (Å²) < 4.78 is 18.0. The van der Waals surface area contributed by atoms with Crippen LogP contribution >= 0.6 is 0 Å². The molecule has 3 aliphatic carbocycles. The van der Waals surface area contributed by atoms with E-state index in [1.807, 2.05) is 13.8 Å². The van der Waals surface area contributed by atoms with Gasteiger partial charge in [0.2, 0.25) is 0 Å². The normalized spacial score (nSPS) is 32.7. The number of fused-ring (bicyclic) bond motifs is 3. The molecule has 3 rings (SSSR count). The average molecular weight is 437 g/mol. The van der Waals surface area contributed by atoms with Crippen molar-refractivity contribution >= 4 is 20.3 Å². The molecule has 0 aromatic heterocycles. The summed E-state index contributed by atoms with van der Waals surface area (Å²) in [5.74, 6) is 0.323. The van der Waals surface area contributed by atoms with Crippen molar-refractivity contribution in [3.63, 3.8) is 0 Å². The first-order chi connectivity index (χ1) is 13.9. The van der Waals surface area contributed by atoms with Crippen molar-refractivity contribution < 1.29 is 23.5 Å². The second kappa shape index (κ2) is 8.08. The Kier molecular flexibility index (Phi) is 6.34. The van der Waals surface area contributed by atoms with Crippen LogP contribution in [-0.2, 0) is 23.5 Å². The number of esters is 2. The Balaban J connectivity index is 2.04. The highest BCUT2D eigenvalue weighted by atomic mass is 28.4. The van der Waals surface area contributed by atoms with E-state index in [-0.39, 0.29) is 28.3 Å². The first kappa shape index (κ1) is 23.5. The number of hydrogen-bond donors (Lipinski definition) is 0. The Morgan fingerprint density at radius 2 is 1.83 bits per heavy atom. The quantitative estimate of drug-likeness (QED) is 0.376. The maximum atomic E-state index is 13.0. The zero-order chi connectivity index (χ0) is 22.4. The van der Waals surface area contributed by atoms with Crippen LogP contribution in [-0.4, -0.2) is 39.1 Å². The average Bonchev–Trinajstić information content (AvgIpc) is 3.10. The second-order valence-corrected chi connectivity index (χ2v) is 15.5. The highest BCUT2D eigenvalue weighted by Gasteiger charge is 2.73. The fraction of sp³-hybridized carbons (Fsp3) is 0.833. The number of carbonyl (C=O) groups excluding carboxylic acids is 2. The molecule has 0 bridgehead atoms. The summed E-state index contributed by atoms with van der Waals surface area (Å²) in [6.07, 6.45) is 7.52. The van der Waals surface area contributed by atoms with Gasteiger partial charge < -0.3 is 13.9 Å². The second-order valence-electron chi connectivity index (χ2n) is 10.8. The number of rotatable bonds is 8. The lowest BCUT2D eigenvalue weighted by Crippen LogP contribution is -2.64. The van der Waals surface area contributed by atoms with Crippen LogP contribution in [0.1, 0.15) is 73.1 Å². The standard InChI is InChI=1S/C24H40O5Si/c1-8-27-20(25)12-14-23-13-10-11-17(23)15-18-16-19(21(26)28-9-2)24(18,23)29-30(6,7)22(3,4)5/h16-18H,8-15H2,1-7H3/t17-,18+,23+,24-/m0/s1. The van der Waals surface area contributed by atoms with Gasteiger partial charge in [-0.15, -0.1) is 0 Å². The molecule has 6 heteroatoms. The fourth-order valence-corrected chi connectivity index (χ4v) is 7.57. The van der Waals surface area contributed by atoms with Crippen LogP contribution in [0.4, 0.5) is 0 Å². The van der Waals surface area contributed by atoms with Crippen molar-refractivity contribution in [2.24, 2.45) is 17.3 Å². The van der Waals surface area contributed by atoms with E-state index >= 15 is 0 Å². The van der Waals surface area contributed by atoms with E-state index in [1.165, 1.54) is 0 Å². The Hall–Kier alpha value is -1.14. The first-order valence-corrected chi connectivity index (χ1v) is 14.6. The molecule has 0 amide bonds. The van der Waals surface area contributed by atoms with Crippen molar-refractivity contribution in [3.05, 3.63) is 11.6 Å². The summed E-state index contributed by atoms with van der Waals surface area (Å²) in [7, 11) is -2.19. The summed E-state index contributed by atoms with van der Waals surface area (Å²) in [6.45, 7) is 15.7. The molecule has 5 nitrogen and oxygen atoms in total. The zero-order valence-corrected chi connectivity index (χ0v) is 20.9. The van der Waals surface area contributed by atoms with E-state index in [0.717, 1.165) is 32.1 Å². The molecule has 2 saturated carbocycles. The van der Waals surface area contributed by atoms with Crippen molar-refractivity contribution in [2.75, 3.05) is 13.2 Å². The van der Waals surface area contributed by atoms with Gasteiger partial charge in [0.1, 0.15) is 5.60 Å². The van der Waals surface area contributed by atoms with Gasteiger partial charge in [0.15, 0.2) is 8.32 Å². The van der Waals surface area contributed by atoms with Gasteiger partial charge >= 0.3 is 11.9 Å². The summed E-state index contributed by atoms with van der Waals surface area (Å²) >= 11 is 0. The summed E-state index contributed by atoms with van der Waals surface area (Å²) in [6, 6.07) is 0. The predicted molar refractivity (Wildman–Crippen MR) is 119 cm³/mol. The molecule has 3 aliphatic rings. The topological polar surface area (TPSA) is 61.8 Å². The molecule has 0 aromatic rings. The van der Waals surface area contributed by atoms with Gasteiger partial charge in [0.05, 0.1) is 18.8 Å². The van der Waals surface area contributed by atoms with Crippen LogP contribution < -0.4 is 0 Å². The van der Waals surface area contributed by atoms with Crippen LogP contribution in [0.3, 0.4) is 0 Å². The van der Waals surface area contributed by atoms with Gasteiger partial charge in [0.25, 0.3) is 0 Å². The molecule has 0 aliphatic heterocycles. The first-order valence-electron chi connectivity index (χ1n) is 11.7. The number of carbonyl (C=O) groups is 2. The molecular weight excluding hydrogens is 396 g/mol. The van der Waals surface area contributed by atoms with E-state index in [0.29, 0.717) is 31.1 Å². The van der Waals surface area contributed by atoms with E-state index in [1.54, 1.807) is 0 Å². The lowest BCUT2D eigenvalue weighted by atomic mass is 9.58. The van der Waals surface area contributed by atoms with E-state index in [9.17, 15) is 9.59 Å². The van der Waals surface area contributed by atoms with Gasteiger partial charge in [-0.1, -0.05) is 33.3 Å². The van der Waals surface area contributed by atoms with Crippen LogP contribution in [0, 0.1) is 17.3 Å². The number of ether oxygens (including phenoxy) is 2. The third-order valence-corrected chi connectivity index (χ3v) is 12.8. The van der Waals surface area contributed by atoms with Gasteiger partial charge in [-0.3, -0.25) is 4.79 Å². The molecule has 0 aromatic carbocycles. The molecule has 2 fully saturated rings. The molecule has 4 atom stereocenters. The molecular formula is C24H40O5Si. The Labute approximate surface area is 183 Å². The Bertz CT molecular complexity index is 722. The van der Waals surface area contributed by atoms with Crippen molar-refractivity contribution in [3.8, 4) is 0 Å². The summed E-state index contributed by atoms with van der Waals surface area (Å²) in [5, 5.41) is 0.0285. The predicted octanol–water partition coefficient (Wildman–Crippen LogP) is 5.40. The van der Waals surface area contributed by atoms with Crippen LogP contribution in [0.25, 0.3) is 0 Å². The molecule has 0 N–H and O–H groups in total. The third kappa shape index (κ3) is 3.48. The Morgan fingerprint density at radius 1 is 1.17 bits per heavy atom. The van der Waals surface area contributed by atoms with Crippen molar-refractivity contribution in [1.82, 2.24) is 0 Å². The van der Waals surface area contributed by atoms with E-state index in [2.05, 4.69) is 39.9 Å². The third-order valence-electron chi connectivity index (χ3n) is 8.32. The van der Waals surface area contributed by atoms with Crippen molar-refractivity contribution in [2.45, 2.75) is 96.9 Å². The monoisotopic (exact) mass is 436 g/mol. The number of hydrogen-bond acceptors (Lipinski definition) is 5. The molecule has 0 radical (unpaired) electrons. The maximum Gasteiger partial charge on any atom is 0.336 e. The minimum absolute atomic E-state index is 0.0285. The van der Waals surface area contributed by atoms with Gasteiger partial charge in [-0.25, -0.2) is 4.79 Å². The zero-order valence-electron chi connectivity index (χ0n) is 19.9. The van der Waals surface area contributed by atoms with Gasteiger partial charge in [-0.05, 0) is 63.6 Å². The Morgan fingerprint density at radius 3 is 2.43 bits per heavy atom. The minimum Gasteiger partial charge on any atom is -0.466 e. The van der Waals surface area contributed by atoms with E-state index in [4.69, 9.17) is 13.9 Å². The smallest absolute Gasteiger partial charge is 0.336 e. The molecule has 30 heavy (non-hydrogen) atoms. The highest BCUT2D eigenvalue weighted by Crippen LogP contribution is 2.72. The lowest BCUT2D eigenvalue weighted by Gasteiger charge is -2.58. The van der Waals surface area contributed by atoms with Crippen LogP contribution in [0.5, 0.6) is 0 Å². The maximum absolute atomic E-state index is 13.0. The molecule has 0 saturated heterocycles.